The van der Waals surface area contributed by atoms with Crippen molar-refractivity contribution in [1.29, 1.82) is 0 Å². The zero-order valence-electron chi connectivity index (χ0n) is 16.7. The number of sulfonamides is 1. The van der Waals surface area contributed by atoms with Crippen molar-refractivity contribution in [3.8, 4) is 5.75 Å². The van der Waals surface area contributed by atoms with Gasteiger partial charge in [0.1, 0.15) is 5.75 Å². The first-order valence-corrected chi connectivity index (χ1v) is 10.7. The van der Waals surface area contributed by atoms with Crippen molar-refractivity contribution in [3.05, 3.63) is 52.6 Å². The Morgan fingerprint density at radius 3 is 2.19 bits per heavy atom. The van der Waals surface area contributed by atoms with Gasteiger partial charge in [0.25, 0.3) is 0 Å². The molecule has 0 radical (unpaired) electrons. The molecular formula is C21H28N2O3S. The summed E-state index contributed by atoms with van der Waals surface area (Å²) in [4.78, 5) is 2.65. The van der Waals surface area contributed by atoms with Gasteiger partial charge >= 0.3 is 0 Å². The second-order valence-corrected chi connectivity index (χ2v) is 9.10. The number of ether oxygens (including phenoxy) is 1. The minimum absolute atomic E-state index is 0.376. The van der Waals surface area contributed by atoms with Gasteiger partial charge in [0, 0.05) is 31.9 Å². The van der Waals surface area contributed by atoms with Crippen LogP contribution >= 0.6 is 0 Å². The highest BCUT2D eigenvalue weighted by Gasteiger charge is 2.30. The molecule has 1 heterocycles. The van der Waals surface area contributed by atoms with Crippen LogP contribution in [0.1, 0.15) is 22.3 Å². The predicted molar refractivity (Wildman–Crippen MR) is 109 cm³/mol. The predicted octanol–water partition coefficient (Wildman–Crippen LogP) is 3.44. The molecule has 0 aliphatic carbocycles. The van der Waals surface area contributed by atoms with Gasteiger partial charge in [-0.05, 0) is 68.1 Å². The average Bonchev–Trinajstić information content (AvgIpc) is 2.65. The van der Waals surface area contributed by atoms with Gasteiger partial charge < -0.3 is 9.64 Å². The van der Waals surface area contributed by atoms with E-state index in [2.05, 4.69) is 36.9 Å². The second-order valence-electron chi connectivity index (χ2n) is 7.20. The topological polar surface area (TPSA) is 49.9 Å². The minimum Gasteiger partial charge on any atom is -0.496 e. The van der Waals surface area contributed by atoms with Crippen LogP contribution < -0.4 is 9.64 Å². The maximum absolute atomic E-state index is 13.2. The summed E-state index contributed by atoms with van der Waals surface area (Å²) in [5.41, 5.74) is 5.26. The van der Waals surface area contributed by atoms with Gasteiger partial charge in [-0.15, -0.1) is 0 Å². The van der Waals surface area contributed by atoms with E-state index < -0.39 is 10.0 Å². The molecule has 1 saturated heterocycles. The van der Waals surface area contributed by atoms with E-state index >= 15 is 0 Å². The molecular weight excluding hydrogens is 360 g/mol. The smallest absolute Gasteiger partial charge is 0.243 e. The van der Waals surface area contributed by atoms with E-state index in [1.165, 1.54) is 16.8 Å². The van der Waals surface area contributed by atoms with Crippen molar-refractivity contribution in [2.24, 2.45) is 0 Å². The fourth-order valence-electron chi connectivity index (χ4n) is 3.65. The molecule has 1 fully saturated rings. The molecule has 27 heavy (non-hydrogen) atoms. The summed E-state index contributed by atoms with van der Waals surface area (Å²) in [7, 11) is -1.91. The Bertz CT molecular complexity index is 946. The van der Waals surface area contributed by atoms with Crippen LogP contribution in [-0.4, -0.2) is 46.0 Å². The van der Waals surface area contributed by atoms with Gasteiger partial charge in [-0.1, -0.05) is 12.1 Å². The molecule has 6 heteroatoms. The van der Waals surface area contributed by atoms with E-state index in [9.17, 15) is 8.42 Å². The van der Waals surface area contributed by atoms with Crippen LogP contribution in [0.25, 0.3) is 0 Å². The van der Waals surface area contributed by atoms with E-state index in [0.29, 0.717) is 36.8 Å². The van der Waals surface area contributed by atoms with Crippen LogP contribution in [0.15, 0.2) is 35.2 Å². The lowest BCUT2D eigenvalue weighted by atomic mass is 10.1. The molecule has 0 saturated carbocycles. The molecule has 0 spiro atoms. The number of benzene rings is 2. The molecule has 0 bridgehead atoms. The quantitative estimate of drug-likeness (QED) is 0.805. The molecule has 5 nitrogen and oxygen atoms in total. The minimum atomic E-state index is -3.51. The number of rotatable bonds is 4. The molecule has 146 valence electrons. The summed E-state index contributed by atoms with van der Waals surface area (Å²) < 4.78 is 33.3. The summed E-state index contributed by atoms with van der Waals surface area (Å²) in [6.45, 7) is 10.3. The average molecular weight is 389 g/mol. The van der Waals surface area contributed by atoms with Crippen LogP contribution in [0.4, 0.5) is 5.69 Å². The summed E-state index contributed by atoms with van der Waals surface area (Å²) >= 11 is 0. The van der Waals surface area contributed by atoms with Crippen molar-refractivity contribution < 1.29 is 13.2 Å². The van der Waals surface area contributed by atoms with Gasteiger partial charge in [-0.2, -0.15) is 4.31 Å². The molecule has 2 aromatic carbocycles. The second kappa shape index (κ2) is 7.52. The van der Waals surface area contributed by atoms with Crippen LogP contribution in [0.5, 0.6) is 5.75 Å². The Hall–Kier alpha value is -2.05. The van der Waals surface area contributed by atoms with Crippen LogP contribution in [0.2, 0.25) is 0 Å². The van der Waals surface area contributed by atoms with Gasteiger partial charge in [-0.25, -0.2) is 8.42 Å². The maximum atomic E-state index is 13.2. The van der Waals surface area contributed by atoms with Gasteiger partial charge in [0.15, 0.2) is 0 Å². The normalized spacial score (nSPS) is 15.8. The molecule has 3 rings (SSSR count). The molecule has 0 amide bonds. The van der Waals surface area contributed by atoms with Crippen molar-refractivity contribution in [1.82, 2.24) is 4.31 Å². The van der Waals surface area contributed by atoms with E-state index in [-0.39, 0.29) is 0 Å². The summed E-state index contributed by atoms with van der Waals surface area (Å²) in [6.07, 6.45) is 0. The summed E-state index contributed by atoms with van der Waals surface area (Å²) in [5, 5.41) is 0. The first-order chi connectivity index (χ1) is 12.8. The number of methoxy groups -OCH3 is 1. The molecule has 1 aliphatic rings. The summed E-state index contributed by atoms with van der Waals surface area (Å²) in [6, 6.07) is 9.80. The monoisotopic (exact) mass is 388 g/mol. The lowest BCUT2D eigenvalue weighted by Gasteiger charge is -2.36. The number of hydrogen-bond donors (Lipinski definition) is 0. The van der Waals surface area contributed by atoms with Crippen molar-refractivity contribution in [2.75, 3.05) is 38.2 Å². The molecule has 2 aromatic rings. The Morgan fingerprint density at radius 2 is 1.56 bits per heavy atom. The number of aryl methyl sites for hydroxylation is 3. The van der Waals surface area contributed by atoms with E-state index in [4.69, 9.17) is 4.74 Å². The number of hydrogen-bond acceptors (Lipinski definition) is 4. The van der Waals surface area contributed by atoms with E-state index in [1.54, 1.807) is 23.5 Å². The maximum Gasteiger partial charge on any atom is 0.243 e. The Labute approximate surface area is 162 Å². The van der Waals surface area contributed by atoms with Gasteiger partial charge in [0.2, 0.25) is 10.0 Å². The Balaban J connectivity index is 1.81. The molecule has 0 atom stereocenters. The number of nitrogens with zero attached hydrogens (tertiary/aromatic N) is 2. The lowest BCUT2D eigenvalue weighted by molar-refractivity contribution is 0.384. The summed E-state index contributed by atoms with van der Waals surface area (Å²) in [5.74, 6) is 0.714. The van der Waals surface area contributed by atoms with Crippen LogP contribution in [-0.2, 0) is 10.0 Å². The Morgan fingerprint density at radius 1 is 0.889 bits per heavy atom. The van der Waals surface area contributed by atoms with Crippen molar-refractivity contribution in [3.63, 3.8) is 0 Å². The molecule has 0 unspecified atom stereocenters. The highest BCUT2D eigenvalue weighted by molar-refractivity contribution is 7.89. The molecule has 0 N–H and O–H groups in total. The lowest BCUT2D eigenvalue weighted by Crippen LogP contribution is -2.49. The third kappa shape index (κ3) is 3.69. The standard InChI is InChI=1S/C21H28N2O3S/c1-15-7-6-8-19(18(15)4)22-9-11-23(12-10-22)27(24,25)21-14-16(2)20(26-5)13-17(21)3/h6-8,13-14H,9-12H2,1-5H3. The van der Waals surface area contributed by atoms with Crippen molar-refractivity contribution in [2.45, 2.75) is 32.6 Å². The first-order valence-electron chi connectivity index (χ1n) is 9.22. The van der Waals surface area contributed by atoms with Crippen LogP contribution in [0, 0.1) is 27.7 Å². The fourth-order valence-corrected chi connectivity index (χ4v) is 5.36. The van der Waals surface area contributed by atoms with E-state index in [1.807, 2.05) is 13.8 Å². The van der Waals surface area contributed by atoms with Crippen LogP contribution in [0.3, 0.4) is 0 Å². The SMILES string of the molecule is COc1cc(C)c(S(=O)(=O)N2CCN(c3cccc(C)c3C)CC2)cc1C. The zero-order chi connectivity index (χ0) is 19.8. The van der Waals surface area contributed by atoms with Gasteiger partial charge in [0.05, 0.1) is 12.0 Å². The zero-order valence-corrected chi connectivity index (χ0v) is 17.6. The third-order valence-electron chi connectivity index (χ3n) is 5.47. The highest BCUT2D eigenvalue weighted by atomic mass is 32.2. The highest BCUT2D eigenvalue weighted by Crippen LogP contribution is 2.29. The fraction of sp³-hybridized carbons (Fsp3) is 0.429. The number of anilines is 1. The molecule has 0 aromatic heterocycles. The largest absolute Gasteiger partial charge is 0.496 e. The number of piperazine rings is 1. The molecule has 1 aliphatic heterocycles. The third-order valence-corrected chi connectivity index (χ3v) is 7.51. The van der Waals surface area contributed by atoms with Crippen molar-refractivity contribution >= 4 is 15.7 Å². The Kier molecular flexibility index (Phi) is 5.49. The van der Waals surface area contributed by atoms with Gasteiger partial charge in [-0.3, -0.25) is 0 Å². The first kappa shape index (κ1) is 19.7. The van der Waals surface area contributed by atoms with E-state index in [0.717, 1.165) is 11.1 Å².